The zero-order valence-electron chi connectivity index (χ0n) is 17.8. The van der Waals surface area contributed by atoms with Crippen LogP contribution in [0.5, 0.6) is 0 Å². The van der Waals surface area contributed by atoms with E-state index < -0.39 is 23.8 Å². The number of rotatable bonds is 7. The van der Waals surface area contributed by atoms with Crippen molar-refractivity contribution in [3.63, 3.8) is 0 Å². The summed E-state index contributed by atoms with van der Waals surface area (Å²) in [4.78, 5) is 35.7. The number of hydrogen-bond acceptors (Lipinski definition) is 6. The van der Waals surface area contributed by atoms with E-state index in [1.54, 1.807) is 12.1 Å². The summed E-state index contributed by atoms with van der Waals surface area (Å²) in [5.74, 6) is -2.27. The summed E-state index contributed by atoms with van der Waals surface area (Å²) in [6.45, 7) is 3.70. The Kier molecular flexibility index (Phi) is 6.71. The molecule has 4 rings (SSSR count). The predicted octanol–water partition coefficient (Wildman–Crippen LogP) is 5.77. The summed E-state index contributed by atoms with van der Waals surface area (Å²) in [7, 11) is 0. The van der Waals surface area contributed by atoms with Crippen molar-refractivity contribution in [2.75, 3.05) is 5.32 Å². The topological polar surface area (TPSA) is 72.0 Å². The quantitative estimate of drug-likeness (QED) is 0.362. The molecule has 0 saturated carbocycles. The fraction of sp³-hybridized carbons (Fsp3) is 0.167. The van der Waals surface area contributed by atoms with E-state index in [1.165, 1.54) is 17.4 Å². The molecule has 1 amide bonds. The van der Waals surface area contributed by atoms with Gasteiger partial charge in [-0.15, -0.1) is 22.7 Å². The molecular formula is C24H19F2N3O2S2. The van der Waals surface area contributed by atoms with Gasteiger partial charge in [0.1, 0.15) is 33.0 Å². The number of anilines is 1. The first-order valence-electron chi connectivity index (χ1n) is 10.1. The third kappa shape index (κ3) is 5.20. The summed E-state index contributed by atoms with van der Waals surface area (Å²) in [5.41, 5.74) is 1.56. The molecule has 0 spiro atoms. The van der Waals surface area contributed by atoms with Gasteiger partial charge in [0.2, 0.25) is 0 Å². The Labute approximate surface area is 197 Å². The predicted molar refractivity (Wildman–Crippen MR) is 126 cm³/mol. The molecule has 2 heterocycles. The van der Waals surface area contributed by atoms with E-state index in [1.807, 2.05) is 32.0 Å². The number of thiazole rings is 2. The maximum atomic E-state index is 13.9. The lowest BCUT2D eigenvalue weighted by molar-refractivity contribution is -0.117. The minimum Gasteiger partial charge on any atom is -0.321 e. The average molecular weight is 484 g/mol. The van der Waals surface area contributed by atoms with Crippen LogP contribution in [0.4, 0.5) is 14.5 Å². The van der Waals surface area contributed by atoms with Crippen LogP contribution < -0.4 is 5.32 Å². The van der Waals surface area contributed by atoms with Crippen molar-refractivity contribution in [3.8, 4) is 10.6 Å². The average Bonchev–Trinajstić information content (AvgIpc) is 3.33. The van der Waals surface area contributed by atoms with Gasteiger partial charge in [-0.3, -0.25) is 9.59 Å². The number of amides is 1. The van der Waals surface area contributed by atoms with Gasteiger partial charge in [0.25, 0.3) is 5.91 Å². The Morgan fingerprint density at radius 1 is 0.909 bits per heavy atom. The summed E-state index contributed by atoms with van der Waals surface area (Å²) >= 11 is 2.51. The third-order valence-electron chi connectivity index (χ3n) is 4.81. The van der Waals surface area contributed by atoms with E-state index in [-0.39, 0.29) is 17.9 Å². The minimum absolute atomic E-state index is 0.138. The molecule has 33 heavy (non-hydrogen) atoms. The number of carbonyl (C=O) groups is 2. The van der Waals surface area contributed by atoms with Crippen molar-refractivity contribution in [2.45, 2.75) is 26.7 Å². The number of nitrogens with one attached hydrogen (secondary N) is 1. The fourth-order valence-corrected chi connectivity index (χ4v) is 5.31. The zero-order valence-corrected chi connectivity index (χ0v) is 19.4. The van der Waals surface area contributed by atoms with Crippen molar-refractivity contribution >= 4 is 40.1 Å². The second-order valence-corrected chi connectivity index (χ2v) is 9.63. The van der Waals surface area contributed by atoms with Crippen LogP contribution >= 0.6 is 22.7 Å². The molecule has 0 unspecified atom stereocenters. The van der Waals surface area contributed by atoms with Gasteiger partial charge in [-0.05, 0) is 38.1 Å². The van der Waals surface area contributed by atoms with Crippen LogP contribution in [0, 0.1) is 25.5 Å². The molecule has 168 valence electrons. The van der Waals surface area contributed by atoms with E-state index in [9.17, 15) is 18.4 Å². The van der Waals surface area contributed by atoms with E-state index in [0.29, 0.717) is 21.3 Å². The molecule has 0 fully saturated rings. The largest absolute Gasteiger partial charge is 0.321 e. The highest BCUT2D eigenvalue weighted by Gasteiger charge is 2.24. The van der Waals surface area contributed by atoms with Gasteiger partial charge < -0.3 is 5.32 Å². The van der Waals surface area contributed by atoms with Crippen molar-refractivity contribution in [2.24, 2.45) is 0 Å². The molecule has 1 N–H and O–H groups in total. The third-order valence-corrected chi connectivity index (χ3v) is 6.95. The van der Waals surface area contributed by atoms with E-state index in [0.717, 1.165) is 39.0 Å². The Morgan fingerprint density at radius 2 is 1.61 bits per heavy atom. The first-order valence-corrected chi connectivity index (χ1v) is 11.7. The van der Waals surface area contributed by atoms with Gasteiger partial charge in [-0.2, -0.15) is 0 Å². The standard InChI is InChI=1S/C24H19F2N3O2S2/c1-13-22(32-14(2)27-13)21-23(24(31)28-15-7-4-3-5-8-15)33-20(29-21)12-16(30)11-17-18(25)9-6-10-19(17)26/h3-10H,11-12H2,1-2H3,(H,28,31). The van der Waals surface area contributed by atoms with E-state index in [2.05, 4.69) is 15.3 Å². The highest BCUT2D eigenvalue weighted by Crippen LogP contribution is 2.35. The van der Waals surface area contributed by atoms with Gasteiger partial charge in [0.15, 0.2) is 0 Å². The number of halogens is 2. The van der Waals surface area contributed by atoms with Crippen LogP contribution in [0.15, 0.2) is 48.5 Å². The number of benzene rings is 2. The van der Waals surface area contributed by atoms with Crippen LogP contribution in [-0.2, 0) is 17.6 Å². The number of Topliss-reactive ketones (excluding diaryl/α,β-unsaturated/α-hetero) is 1. The smallest absolute Gasteiger partial charge is 0.268 e. The number of aryl methyl sites for hydroxylation is 2. The van der Waals surface area contributed by atoms with Gasteiger partial charge in [-0.1, -0.05) is 24.3 Å². The Balaban J connectivity index is 1.64. The molecule has 0 aliphatic carbocycles. The molecule has 0 aliphatic rings. The number of nitrogens with zero attached hydrogens (tertiary/aromatic N) is 2. The summed E-state index contributed by atoms with van der Waals surface area (Å²) in [6.07, 6.45) is -0.529. The van der Waals surface area contributed by atoms with Crippen LogP contribution in [0.1, 0.15) is 30.9 Å². The van der Waals surface area contributed by atoms with Crippen molar-refractivity contribution < 1.29 is 18.4 Å². The summed E-state index contributed by atoms with van der Waals surface area (Å²) in [6, 6.07) is 12.5. The SMILES string of the molecule is Cc1nc(C)c(-c2nc(CC(=O)Cc3c(F)cccc3F)sc2C(=O)Nc2ccccc2)s1. The second kappa shape index (κ2) is 9.68. The molecule has 2 aromatic carbocycles. The molecule has 0 saturated heterocycles. The number of ketones is 1. The van der Waals surface area contributed by atoms with Gasteiger partial charge >= 0.3 is 0 Å². The van der Waals surface area contributed by atoms with Crippen molar-refractivity contribution in [3.05, 3.63) is 86.3 Å². The summed E-state index contributed by atoms with van der Waals surface area (Å²) < 4.78 is 27.9. The van der Waals surface area contributed by atoms with E-state index in [4.69, 9.17) is 0 Å². The maximum absolute atomic E-state index is 13.9. The molecule has 2 aromatic heterocycles. The van der Waals surface area contributed by atoms with E-state index >= 15 is 0 Å². The van der Waals surface area contributed by atoms with Crippen molar-refractivity contribution in [1.82, 2.24) is 9.97 Å². The molecule has 9 heteroatoms. The molecule has 0 radical (unpaired) electrons. The Bertz CT molecular complexity index is 1310. The van der Waals surface area contributed by atoms with Crippen LogP contribution in [0.2, 0.25) is 0 Å². The lowest BCUT2D eigenvalue weighted by Crippen LogP contribution is -2.11. The Morgan fingerprint density at radius 3 is 2.24 bits per heavy atom. The van der Waals surface area contributed by atoms with Gasteiger partial charge in [0, 0.05) is 17.7 Å². The van der Waals surface area contributed by atoms with Crippen LogP contribution in [0.25, 0.3) is 10.6 Å². The van der Waals surface area contributed by atoms with Crippen LogP contribution in [0.3, 0.4) is 0 Å². The minimum atomic E-state index is -0.762. The molecule has 5 nitrogen and oxygen atoms in total. The summed E-state index contributed by atoms with van der Waals surface area (Å²) in [5, 5.41) is 4.08. The molecular weight excluding hydrogens is 464 g/mol. The lowest BCUT2D eigenvalue weighted by Gasteiger charge is -2.04. The van der Waals surface area contributed by atoms with Crippen LogP contribution in [-0.4, -0.2) is 21.7 Å². The second-order valence-electron chi connectivity index (χ2n) is 7.35. The fourth-order valence-electron chi connectivity index (χ4n) is 3.34. The maximum Gasteiger partial charge on any atom is 0.268 e. The monoisotopic (exact) mass is 483 g/mol. The molecule has 0 aliphatic heterocycles. The first kappa shape index (κ1) is 22.9. The number of carbonyl (C=O) groups excluding carboxylic acids is 2. The number of para-hydroxylation sites is 1. The lowest BCUT2D eigenvalue weighted by atomic mass is 10.1. The number of hydrogen-bond donors (Lipinski definition) is 1. The highest BCUT2D eigenvalue weighted by atomic mass is 32.1. The van der Waals surface area contributed by atoms with Crippen molar-refractivity contribution in [1.29, 1.82) is 0 Å². The zero-order chi connectivity index (χ0) is 23.5. The number of aromatic nitrogens is 2. The van der Waals surface area contributed by atoms with Gasteiger partial charge in [0.05, 0.1) is 22.0 Å². The normalized spacial score (nSPS) is 10.9. The highest BCUT2D eigenvalue weighted by molar-refractivity contribution is 7.17. The Hall–Kier alpha value is -3.30. The molecule has 0 bridgehead atoms. The van der Waals surface area contributed by atoms with Gasteiger partial charge in [-0.25, -0.2) is 18.7 Å². The molecule has 0 atom stereocenters. The molecule has 4 aromatic rings. The first-order chi connectivity index (χ1) is 15.8.